The van der Waals surface area contributed by atoms with E-state index in [0.29, 0.717) is 0 Å². The van der Waals surface area contributed by atoms with E-state index in [4.69, 9.17) is 9.47 Å². The molecular weight excluding hydrogens is 489 g/mol. The van der Waals surface area contributed by atoms with E-state index in [9.17, 15) is 0 Å². The van der Waals surface area contributed by atoms with Crippen molar-refractivity contribution >= 4 is 29.9 Å². The number of aryl methyl sites for hydroxylation is 1. The van der Waals surface area contributed by atoms with Crippen molar-refractivity contribution < 1.29 is 9.47 Å². The van der Waals surface area contributed by atoms with E-state index in [1.165, 1.54) is 11.1 Å². The lowest BCUT2D eigenvalue weighted by Gasteiger charge is -2.38. The van der Waals surface area contributed by atoms with Crippen LogP contribution < -0.4 is 15.4 Å². The number of methoxy groups -OCH3 is 1. The summed E-state index contributed by atoms with van der Waals surface area (Å²) in [5, 5.41) is 7.00. The van der Waals surface area contributed by atoms with Crippen LogP contribution in [0.1, 0.15) is 29.5 Å². The van der Waals surface area contributed by atoms with Crippen LogP contribution in [-0.4, -0.2) is 46.4 Å². The molecule has 0 aromatic heterocycles. The summed E-state index contributed by atoms with van der Waals surface area (Å²) >= 11 is 0. The number of nitrogens with one attached hydrogen (secondary N) is 2. The molecule has 1 aliphatic rings. The number of aliphatic imine (C=N–C) groups is 1. The minimum Gasteiger partial charge on any atom is -0.496 e. The van der Waals surface area contributed by atoms with Crippen molar-refractivity contribution in [2.24, 2.45) is 4.99 Å². The SMILES string of the molecule is CN=C(NCCc1ccc(C)c(OC)c1)NCC1(c2ccccc2)CCOCC1.I. The van der Waals surface area contributed by atoms with Gasteiger partial charge in [0, 0.05) is 38.8 Å². The lowest BCUT2D eigenvalue weighted by Crippen LogP contribution is -2.48. The Labute approximate surface area is 197 Å². The Morgan fingerprint density at radius 3 is 2.50 bits per heavy atom. The molecule has 1 heterocycles. The summed E-state index contributed by atoms with van der Waals surface area (Å²) in [5.74, 6) is 1.78. The molecule has 0 atom stereocenters. The summed E-state index contributed by atoms with van der Waals surface area (Å²) < 4.78 is 11.1. The van der Waals surface area contributed by atoms with Gasteiger partial charge in [0.1, 0.15) is 5.75 Å². The first kappa shape index (κ1) is 24.5. The van der Waals surface area contributed by atoms with E-state index >= 15 is 0 Å². The summed E-state index contributed by atoms with van der Waals surface area (Å²) in [6.07, 6.45) is 2.95. The van der Waals surface area contributed by atoms with Gasteiger partial charge >= 0.3 is 0 Å². The van der Waals surface area contributed by atoms with Crippen LogP contribution in [0.3, 0.4) is 0 Å². The second-order valence-electron chi connectivity index (χ2n) is 7.67. The van der Waals surface area contributed by atoms with Crippen LogP contribution in [0, 0.1) is 6.92 Å². The van der Waals surface area contributed by atoms with Crippen LogP contribution in [0.5, 0.6) is 5.75 Å². The van der Waals surface area contributed by atoms with Gasteiger partial charge in [0.05, 0.1) is 7.11 Å². The molecule has 164 valence electrons. The molecule has 2 aromatic rings. The van der Waals surface area contributed by atoms with Gasteiger partial charge in [-0.1, -0.05) is 42.5 Å². The molecule has 0 bridgehead atoms. The van der Waals surface area contributed by atoms with Crippen molar-refractivity contribution in [2.75, 3.05) is 40.5 Å². The average molecular weight is 523 g/mol. The van der Waals surface area contributed by atoms with E-state index in [1.807, 2.05) is 7.05 Å². The van der Waals surface area contributed by atoms with Crippen LogP contribution >= 0.6 is 24.0 Å². The van der Waals surface area contributed by atoms with E-state index in [0.717, 1.165) is 62.8 Å². The Morgan fingerprint density at radius 1 is 1.10 bits per heavy atom. The second kappa shape index (κ2) is 12.2. The van der Waals surface area contributed by atoms with Crippen LogP contribution in [-0.2, 0) is 16.6 Å². The molecule has 1 fully saturated rings. The molecule has 0 amide bonds. The van der Waals surface area contributed by atoms with Gasteiger partial charge in [-0.15, -0.1) is 24.0 Å². The zero-order chi connectivity index (χ0) is 20.5. The zero-order valence-electron chi connectivity index (χ0n) is 18.2. The summed E-state index contributed by atoms with van der Waals surface area (Å²) in [5.41, 5.74) is 3.87. The number of hydrogen-bond donors (Lipinski definition) is 2. The van der Waals surface area contributed by atoms with Crippen LogP contribution in [0.25, 0.3) is 0 Å². The number of guanidine groups is 1. The molecule has 2 N–H and O–H groups in total. The molecule has 1 saturated heterocycles. The number of rotatable bonds is 7. The van der Waals surface area contributed by atoms with Crippen molar-refractivity contribution in [2.45, 2.75) is 31.6 Å². The maximum Gasteiger partial charge on any atom is 0.191 e. The van der Waals surface area contributed by atoms with Gasteiger partial charge in [0.25, 0.3) is 0 Å². The van der Waals surface area contributed by atoms with E-state index in [-0.39, 0.29) is 29.4 Å². The number of ether oxygens (including phenoxy) is 2. The van der Waals surface area contributed by atoms with Crippen molar-refractivity contribution in [3.8, 4) is 5.75 Å². The molecule has 30 heavy (non-hydrogen) atoms. The average Bonchev–Trinajstić information content (AvgIpc) is 2.78. The highest BCUT2D eigenvalue weighted by molar-refractivity contribution is 14.0. The maximum absolute atomic E-state index is 5.64. The first-order valence-electron chi connectivity index (χ1n) is 10.4. The molecule has 0 spiro atoms. The molecule has 0 radical (unpaired) electrons. The normalized spacial score (nSPS) is 15.8. The number of benzene rings is 2. The van der Waals surface area contributed by atoms with Crippen LogP contribution in [0.2, 0.25) is 0 Å². The fourth-order valence-electron chi connectivity index (χ4n) is 3.94. The standard InChI is InChI=1S/C24H33N3O2.HI/c1-19-9-10-20(17-22(19)28-3)11-14-26-23(25-2)27-18-24(12-15-29-16-13-24)21-7-5-4-6-8-21;/h4-10,17H,11-16,18H2,1-3H3,(H2,25,26,27);1H. The minimum atomic E-state index is 0. The van der Waals surface area contributed by atoms with Gasteiger partial charge in [-0.25, -0.2) is 0 Å². The van der Waals surface area contributed by atoms with Crippen molar-refractivity contribution in [1.29, 1.82) is 0 Å². The fraction of sp³-hybridized carbons (Fsp3) is 0.458. The zero-order valence-corrected chi connectivity index (χ0v) is 20.6. The Balaban J connectivity index is 0.00000320. The molecule has 0 aliphatic carbocycles. The van der Waals surface area contributed by atoms with Crippen LogP contribution in [0.4, 0.5) is 0 Å². The Hall–Kier alpha value is -1.80. The number of hydrogen-bond acceptors (Lipinski definition) is 3. The second-order valence-corrected chi connectivity index (χ2v) is 7.67. The van der Waals surface area contributed by atoms with Gasteiger partial charge in [0.2, 0.25) is 0 Å². The Bertz CT molecular complexity index is 805. The molecule has 3 rings (SSSR count). The summed E-state index contributed by atoms with van der Waals surface area (Å²) in [4.78, 5) is 4.41. The largest absolute Gasteiger partial charge is 0.496 e. The summed E-state index contributed by atoms with van der Waals surface area (Å²) in [6, 6.07) is 17.1. The maximum atomic E-state index is 5.64. The highest BCUT2D eigenvalue weighted by Crippen LogP contribution is 2.34. The van der Waals surface area contributed by atoms with Gasteiger partial charge in [0.15, 0.2) is 5.96 Å². The van der Waals surface area contributed by atoms with Gasteiger partial charge in [-0.3, -0.25) is 4.99 Å². The molecule has 5 nitrogen and oxygen atoms in total. The molecule has 0 saturated carbocycles. The van der Waals surface area contributed by atoms with E-state index in [2.05, 4.69) is 71.1 Å². The monoisotopic (exact) mass is 523 g/mol. The third kappa shape index (κ3) is 6.35. The lowest BCUT2D eigenvalue weighted by atomic mass is 9.74. The molecule has 2 aromatic carbocycles. The van der Waals surface area contributed by atoms with Crippen LogP contribution in [0.15, 0.2) is 53.5 Å². The van der Waals surface area contributed by atoms with Gasteiger partial charge in [-0.2, -0.15) is 0 Å². The van der Waals surface area contributed by atoms with Crippen molar-refractivity contribution in [3.63, 3.8) is 0 Å². The van der Waals surface area contributed by atoms with Crippen molar-refractivity contribution in [1.82, 2.24) is 10.6 Å². The minimum absolute atomic E-state index is 0. The van der Waals surface area contributed by atoms with Gasteiger partial charge < -0.3 is 20.1 Å². The molecule has 6 heteroatoms. The predicted molar refractivity (Wildman–Crippen MR) is 134 cm³/mol. The first-order chi connectivity index (χ1) is 14.2. The van der Waals surface area contributed by atoms with Crippen molar-refractivity contribution in [3.05, 3.63) is 65.2 Å². The number of nitrogens with zero attached hydrogens (tertiary/aromatic N) is 1. The third-order valence-electron chi connectivity index (χ3n) is 5.83. The first-order valence-corrected chi connectivity index (χ1v) is 10.4. The molecular formula is C24H34IN3O2. The molecule has 0 unspecified atom stereocenters. The highest BCUT2D eigenvalue weighted by atomic mass is 127. The predicted octanol–water partition coefficient (Wildman–Crippen LogP) is 4.08. The smallest absolute Gasteiger partial charge is 0.191 e. The Morgan fingerprint density at radius 2 is 1.83 bits per heavy atom. The van der Waals surface area contributed by atoms with E-state index < -0.39 is 0 Å². The van der Waals surface area contributed by atoms with E-state index in [1.54, 1.807) is 7.11 Å². The third-order valence-corrected chi connectivity index (χ3v) is 5.83. The number of halogens is 1. The summed E-state index contributed by atoms with van der Waals surface area (Å²) in [7, 11) is 3.54. The van der Waals surface area contributed by atoms with Gasteiger partial charge in [-0.05, 0) is 48.9 Å². The molecule has 1 aliphatic heterocycles. The fourth-order valence-corrected chi connectivity index (χ4v) is 3.94. The quantitative estimate of drug-likeness (QED) is 0.327. The highest BCUT2D eigenvalue weighted by Gasteiger charge is 2.34. The summed E-state index contributed by atoms with van der Waals surface area (Å²) in [6.45, 7) is 5.33. The topological polar surface area (TPSA) is 54.9 Å². The Kier molecular flexibility index (Phi) is 9.91. The lowest BCUT2D eigenvalue weighted by molar-refractivity contribution is 0.0514.